The van der Waals surface area contributed by atoms with Crippen LogP contribution in [0.4, 0.5) is 5.69 Å². The fourth-order valence-electron chi connectivity index (χ4n) is 2.11. The van der Waals surface area contributed by atoms with Crippen molar-refractivity contribution in [2.75, 3.05) is 31.6 Å². The fourth-order valence-corrected chi connectivity index (χ4v) is 2.11. The van der Waals surface area contributed by atoms with Crippen molar-refractivity contribution in [1.29, 1.82) is 0 Å². The second kappa shape index (κ2) is 9.37. The number of benzene rings is 1. The highest BCUT2D eigenvalue weighted by Crippen LogP contribution is 2.15. The lowest BCUT2D eigenvalue weighted by atomic mass is 10.3. The van der Waals surface area contributed by atoms with Gasteiger partial charge in [-0.15, -0.1) is 0 Å². The Labute approximate surface area is 122 Å². The SMILES string of the molecule is CCCN(CCC)CC(=O)Nc1ccc(OCC)cc1. The van der Waals surface area contributed by atoms with Crippen molar-refractivity contribution in [3.63, 3.8) is 0 Å². The molecule has 1 aromatic rings. The molecule has 0 bridgehead atoms. The fraction of sp³-hybridized carbons (Fsp3) is 0.562. The van der Waals surface area contributed by atoms with E-state index in [1.165, 1.54) is 0 Å². The van der Waals surface area contributed by atoms with E-state index in [-0.39, 0.29) is 5.91 Å². The van der Waals surface area contributed by atoms with Gasteiger partial charge in [0.1, 0.15) is 5.75 Å². The molecule has 112 valence electrons. The Morgan fingerprint density at radius 1 is 1.10 bits per heavy atom. The summed E-state index contributed by atoms with van der Waals surface area (Å²) >= 11 is 0. The summed E-state index contributed by atoms with van der Waals surface area (Å²) in [6.07, 6.45) is 2.13. The smallest absolute Gasteiger partial charge is 0.238 e. The number of ether oxygens (including phenoxy) is 1. The van der Waals surface area contributed by atoms with E-state index in [2.05, 4.69) is 24.1 Å². The predicted octanol–water partition coefficient (Wildman–Crippen LogP) is 3.15. The van der Waals surface area contributed by atoms with Crippen molar-refractivity contribution in [3.8, 4) is 5.75 Å². The van der Waals surface area contributed by atoms with Crippen LogP contribution in [0.3, 0.4) is 0 Å². The van der Waals surface area contributed by atoms with Crippen LogP contribution in [0.1, 0.15) is 33.6 Å². The van der Waals surface area contributed by atoms with Gasteiger partial charge >= 0.3 is 0 Å². The molecule has 20 heavy (non-hydrogen) atoms. The summed E-state index contributed by atoms with van der Waals surface area (Å²) in [5.74, 6) is 0.861. The Morgan fingerprint density at radius 2 is 1.70 bits per heavy atom. The molecule has 0 aliphatic rings. The summed E-state index contributed by atoms with van der Waals surface area (Å²) in [6, 6.07) is 7.48. The Hall–Kier alpha value is -1.55. The Bertz CT molecular complexity index is 384. The van der Waals surface area contributed by atoms with E-state index in [0.29, 0.717) is 13.2 Å². The number of nitrogens with one attached hydrogen (secondary N) is 1. The molecule has 0 atom stereocenters. The van der Waals surface area contributed by atoms with Gasteiger partial charge in [-0.3, -0.25) is 9.69 Å². The summed E-state index contributed by atoms with van der Waals surface area (Å²) in [7, 11) is 0. The molecule has 0 fully saturated rings. The highest BCUT2D eigenvalue weighted by Gasteiger charge is 2.09. The molecule has 4 heteroatoms. The molecule has 0 spiro atoms. The van der Waals surface area contributed by atoms with E-state index in [9.17, 15) is 4.79 Å². The number of hydrogen-bond acceptors (Lipinski definition) is 3. The van der Waals surface area contributed by atoms with Gasteiger partial charge in [0.2, 0.25) is 5.91 Å². The molecule has 1 aromatic carbocycles. The highest BCUT2D eigenvalue weighted by atomic mass is 16.5. The number of rotatable bonds is 9. The first-order valence-corrected chi connectivity index (χ1v) is 7.44. The van der Waals surface area contributed by atoms with Gasteiger partial charge in [-0.05, 0) is 57.1 Å². The molecule has 1 amide bonds. The van der Waals surface area contributed by atoms with Gasteiger partial charge in [-0.2, -0.15) is 0 Å². The third-order valence-corrected chi connectivity index (χ3v) is 2.90. The van der Waals surface area contributed by atoms with Crippen molar-refractivity contribution >= 4 is 11.6 Å². The predicted molar refractivity (Wildman–Crippen MR) is 83.3 cm³/mol. The third-order valence-electron chi connectivity index (χ3n) is 2.90. The standard InChI is InChI=1S/C16H26N2O2/c1-4-11-18(12-5-2)13-16(19)17-14-7-9-15(10-8-14)20-6-3/h7-10H,4-6,11-13H2,1-3H3,(H,17,19). The minimum atomic E-state index is 0.0380. The first-order valence-electron chi connectivity index (χ1n) is 7.44. The van der Waals surface area contributed by atoms with Crippen LogP contribution in [0.2, 0.25) is 0 Å². The molecular weight excluding hydrogens is 252 g/mol. The van der Waals surface area contributed by atoms with Crippen LogP contribution < -0.4 is 10.1 Å². The van der Waals surface area contributed by atoms with E-state index in [1.54, 1.807) is 0 Å². The quantitative estimate of drug-likeness (QED) is 0.754. The average molecular weight is 278 g/mol. The van der Waals surface area contributed by atoms with E-state index in [0.717, 1.165) is 37.4 Å². The summed E-state index contributed by atoms with van der Waals surface area (Å²) in [5, 5.41) is 2.92. The van der Waals surface area contributed by atoms with Crippen LogP contribution >= 0.6 is 0 Å². The molecule has 0 radical (unpaired) electrons. The maximum absolute atomic E-state index is 12.0. The maximum Gasteiger partial charge on any atom is 0.238 e. The number of nitrogens with zero attached hydrogens (tertiary/aromatic N) is 1. The summed E-state index contributed by atoms with van der Waals surface area (Å²) in [6.45, 7) is 9.24. The van der Waals surface area contributed by atoms with Crippen molar-refractivity contribution in [2.45, 2.75) is 33.6 Å². The van der Waals surface area contributed by atoms with Crippen LogP contribution in [0, 0.1) is 0 Å². The number of carbonyl (C=O) groups excluding carboxylic acids is 1. The number of hydrogen-bond donors (Lipinski definition) is 1. The second-order valence-corrected chi connectivity index (χ2v) is 4.78. The van der Waals surface area contributed by atoms with E-state index >= 15 is 0 Å². The van der Waals surface area contributed by atoms with Gasteiger partial charge in [0, 0.05) is 5.69 Å². The molecule has 4 nitrogen and oxygen atoms in total. The third kappa shape index (κ3) is 6.06. The largest absolute Gasteiger partial charge is 0.494 e. The zero-order chi connectivity index (χ0) is 14.8. The minimum absolute atomic E-state index is 0.0380. The number of amides is 1. The summed E-state index contributed by atoms with van der Waals surface area (Å²) < 4.78 is 5.37. The Kier molecular flexibility index (Phi) is 7.73. The van der Waals surface area contributed by atoms with Gasteiger partial charge in [0.05, 0.1) is 13.2 Å². The molecule has 0 aliphatic heterocycles. The van der Waals surface area contributed by atoms with Gasteiger partial charge < -0.3 is 10.1 Å². The van der Waals surface area contributed by atoms with Gasteiger partial charge in [0.15, 0.2) is 0 Å². The van der Waals surface area contributed by atoms with E-state index in [4.69, 9.17) is 4.74 Å². The number of anilines is 1. The molecule has 1 rings (SSSR count). The van der Waals surface area contributed by atoms with Crippen LogP contribution in [0.25, 0.3) is 0 Å². The van der Waals surface area contributed by atoms with Crippen molar-refractivity contribution < 1.29 is 9.53 Å². The van der Waals surface area contributed by atoms with E-state index in [1.807, 2.05) is 31.2 Å². The number of carbonyl (C=O) groups is 1. The highest BCUT2D eigenvalue weighted by molar-refractivity contribution is 5.92. The Morgan fingerprint density at radius 3 is 2.20 bits per heavy atom. The minimum Gasteiger partial charge on any atom is -0.494 e. The van der Waals surface area contributed by atoms with Crippen LogP contribution in [0.15, 0.2) is 24.3 Å². The molecule has 0 aliphatic carbocycles. The first kappa shape index (κ1) is 16.5. The van der Waals surface area contributed by atoms with Crippen molar-refractivity contribution in [2.24, 2.45) is 0 Å². The first-order chi connectivity index (χ1) is 9.69. The van der Waals surface area contributed by atoms with Crippen LogP contribution in [-0.2, 0) is 4.79 Å². The van der Waals surface area contributed by atoms with Crippen molar-refractivity contribution in [1.82, 2.24) is 4.90 Å². The zero-order valence-corrected chi connectivity index (χ0v) is 12.8. The topological polar surface area (TPSA) is 41.6 Å². The van der Waals surface area contributed by atoms with E-state index < -0.39 is 0 Å². The molecule has 0 unspecified atom stereocenters. The molecule has 0 saturated carbocycles. The van der Waals surface area contributed by atoms with Crippen LogP contribution in [0.5, 0.6) is 5.75 Å². The molecule has 0 heterocycles. The summed E-state index contributed by atoms with van der Waals surface area (Å²) in [5.41, 5.74) is 0.811. The average Bonchev–Trinajstić information content (AvgIpc) is 2.42. The summed E-state index contributed by atoms with van der Waals surface area (Å²) in [4.78, 5) is 14.2. The molecule has 1 N–H and O–H groups in total. The zero-order valence-electron chi connectivity index (χ0n) is 12.8. The maximum atomic E-state index is 12.0. The van der Waals surface area contributed by atoms with Crippen LogP contribution in [-0.4, -0.2) is 37.0 Å². The van der Waals surface area contributed by atoms with Crippen molar-refractivity contribution in [3.05, 3.63) is 24.3 Å². The molecular formula is C16H26N2O2. The van der Waals surface area contributed by atoms with Gasteiger partial charge in [0.25, 0.3) is 0 Å². The Balaban J connectivity index is 2.47. The normalized spacial score (nSPS) is 10.6. The monoisotopic (exact) mass is 278 g/mol. The second-order valence-electron chi connectivity index (χ2n) is 4.78. The lowest BCUT2D eigenvalue weighted by molar-refractivity contribution is -0.117. The molecule has 0 saturated heterocycles. The van der Waals surface area contributed by atoms with Gasteiger partial charge in [-0.1, -0.05) is 13.8 Å². The van der Waals surface area contributed by atoms with Gasteiger partial charge in [-0.25, -0.2) is 0 Å². The lowest BCUT2D eigenvalue weighted by Crippen LogP contribution is -2.34. The lowest BCUT2D eigenvalue weighted by Gasteiger charge is -2.20. The molecule has 0 aromatic heterocycles.